The summed E-state index contributed by atoms with van der Waals surface area (Å²) in [4.78, 5) is 6.13. The van der Waals surface area contributed by atoms with Crippen molar-refractivity contribution in [2.24, 2.45) is 5.92 Å². The number of fused-ring (bicyclic) bond motifs is 2. The fourth-order valence-corrected chi connectivity index (χ4v) is 4.83. The second-order valence-corrected chi connectivity index (χ2v) is 6.92. The van der Waals surface area contributed by atoms with Gasteiger partial charge in [-0.25, -0.2) is 0 Å². The Morgan fingerprint density at radius 3 is 3.09 bits per heavy atom. The molecular formula is C20H23N3. The summed E-state index contributed by atoms with van der Waals surface area (Å²) in [7, 11) is 0. The predicted molar refractivity (Wildman–Crippen MR) is 94.2 cm³/mol. The van der Waals surface area contributed by atoms with Crippen LogP contribution in [0.25, 0.3) is 17.0 Å². The van der Waals surface area contributed by atoms with E-state index in [9.17, 15) is 0 Å². The number of aromatic amines is 1. The van der Waals surface area contributed by atoms with E-state index >= 15 is 0 Å². The smallest absolute Gasteiger partial charge is 0.0625 e. The molecule has 1 fully saturated rings. The molecule has 1 saturated heterocycles. The first-order valence-electron chi connectivity index (χ1n) is 8.63. The standard InChI is InChI=1S/C20H23N3/c1-3-17-16-11-19-15(10-13(8-9-21)12-23(19)4-2)14-6-5-7-18(22-17)20(14)16/h3,5-7,13,15,19,22H,1,4,8,10-12H2,2H3/t13-,15-,19-/m1/s1. The van der Waals surface area contributed by atoms with Crippen molar-refractivity contribution in [1.29, 1.82) is 5.26 Å². The zero-order valence-corrected chi connectivity index (χ0v) is 13.7. The van der Waals surface area contributed by atoms with Crippen LogP contribution >= 0.6 is 0 Å². The minimum Gasteiger partial charge on any atom is -0.355 e. The van der Waals surface area contributed by atoms with E-state index < -0.39 is 0 Å². The third-order valence-electron chi connectivity index (χ3n) is 5.81. The summed E-state index contributed by atoms with van der Waals surface area (Å²) >= 11 is 0. The van der Waals surface area contributed by atoms with Crippen molar-refractivity contribution in [3.8, 4) is 6.07 Å². The Kier molecular flexibility index (Phi) is 3.50. The van der Waals surface area contributed by atoms with Crippen molar-refractivity contribution >= 4 is 17.0 Å². The number of benzene rings is 1. The number of likely N-dealkylation sites (tertiary alicyclic amines) is 1. The average Bonchev–Trinajstić information content (AvgIpc) is 2.94. The molecule has 2 aromatic rings. The second-order valence-electron chi connectivity index (χ2n) is 6.92. The fourth-order valence-electron chi connectivity index (χ4n) is 4.83. The van der Waals surface area contributed by atoms with Gasteiger partial charge in [-0.1, -0.05) is 25.6 Å². The number of rotatable bonds is 3. The summed E-state index contributed by atoms with van der Waals surface area (Å²) in [5, 5.41) is 10.5. The van der Waals surface area contributed by atoms with E-state index in [0.717, 1.165) is 25.9 Å². The Balaban J connectivity index is 1.85. The lowest BCUT2D eigenvalue weighted by molar-refractivity contribution is 0.0916. The quantitative estimate of drug-likeness (QED) is 0.928. The SMILES string of the molecule is C=Cc1[nH]c2cccc3c2c1C[C@@H]1[C@@H]3C[C@@H](CC#N)CN1CC. The van der Waals surface area contributed by atoms with Crippen molar-refractivity contribution in [3.63, 3.8) is 0 Å². The number of nitrogens with one attached hydrogen (secondary N) is 1. The van der Waals surface area contributed by atoms with Gasteiger partial charge in [-0.15, -0.1) is 0 Å². The van der Waals surface area contributed by atoms with E-state index in [0.29, 0.717) is 24.3 Å². The maximum absolute atomic E-state index is 9.13. The zero-order valence-electron chi connectivity index (χ0n) is 13.7. The predicted octanol–water partition coefficient (Wildman–Crippen LogP) is 4.07. The van der Waals surface area contributed by atoms with Gasteiger partial charge in [-0.3, -0.25) is 4.90 Å². The molecule has 0 spiro atoms. The van der Waals surface area contributed by atoms with E-state index in [1.165, 1.54) is 27.7 Å². The lowest BCUT2D eigenvalue weighted by Crippen LogP contribution is -2.49. The highest BCUT2D eigenvalue weighted by molar-refractivity contribution is 5.91. The Morgan fingerprint density at radius 1 is 1.48 bits per heavy atom. The fraction of sp³-hybridized carbons (Fsp3) is 0.450. The van der Waals surface area contributed by atoms with Gasteiger partial charge in [0.25, 0.3) is 0 Å². The molecule has 3 heteroatoms. The third kappa shape index (κ3) is 2.13. The maximum atomic E-state index is 9.13. The van der Waals surface area contributed by atoms with Crippen LogP contribution in [0.3, 0.4) is 0 Å². The van der Waals surface area contributed by atoms with Crippen LogP contribution in [0.1, 0.15) is 42.5 Å². The molecule has 0 radical (unpaired) electrons. The normalized spacial score (nSPS) is 26.7. The topological polar surface area (TPSA) is 42.8 Å². The summed E-state index contributed by atoms with van der Waals surface area (Å²) in [6.07, 6.45) is 4.86. The van der Waals surface area contributed by atoms with Crippen LogP contribution in [0.5, 0.6) is 0 Å². The van der Waals surface area contributed by atoms with E-state index in [1.54, 1.807) is 0 Å². The number of H-pyrrole nitrogens is 1. The Labute approximate surface area is 137 Å². The summed E-state index contributed by atoms with van der Waals surface area (Å²) in [5.41, 5.74) is 5.32. The van der Waals surface area contributed by atoms with Crippen LogP contribution < -0.4 is 0 Å². The summed E-state index contributed by atoms with van der Waals surface area (Å²) in [6.45, 7) is 8.35. The average molecular weight is 305 g/mol. The van der Waals surface area contributed by atoms with Crippen LogP contribution in [0.4, 0.5) is 0 Å². The Hall–Kier alpha value is -2.05. The molecule has 3 atom stereocenters. The largest absolute Gasteiger partial charge is 0.355 e. The molecule has 1 aromatic heterocycles. The van der Waals surface area contributed by atoms with Gasteiger partial charge in [-0.2, -0.15) is 5.26 Å². The monoisotopic (exact) mass is 305 g/mol. The number of nitriles is 1. The summed E-state index contributed by atoms with van der Waals surface area (Å²) < 4.78 is 0. The molecule has 0 unspecified atom stereocenters. The molecule has 1 aromatic carbocycles. The van der Waals surface area contributed by atoms with Crippen molar-refractivity contribution in [2.45, 2.75) is 38.1 Å². The summed E-state index contributed by atoms with van der Waals surface area (Å²) in [6, 6.07) is 9.58. The maximum Gasteiger partial charge on any atom is 0.0625 e. The van der Waals surface area contributed by atoms with Gasteiger partial charge < -0.3 is 4.98 Å². The molecule has 118 valence electrons. The zero-order chi connectivity index (χ0) is 16.0. The van der Waals surface area contributed by atoms with E-state index in [1.807, 2.05) is 6.08 Å². The molecule has 1 N–H and O–H groups in total. The van der Waals surface area contributed by atoms with Gasteiger partial charge in [0.05, 0.1) is 6.07 Å². The van der Waals surface area contributed by atoms with Gasteiger partial charge >= 0.3 is 0 Å². The molecule has 3 nitrogen and oxygen atoms in total. The lowest BCUT2D eigenvalue weighted by atomic mass is 9.71. The molecule has 0 amide bonds. The first-order chi connectivity index (χ1) is 11.3. The van der Waals surface area contributed by atoms with Crippen LogP contribution in [0.15, 0.2) is 24.8 Å². The second kappa shape index (κ2) is 5.54. The highest BCUT2D eigenvalue weighted by atomic mass is 15.2. The van der Waals surface area contributed by atoms with Gasteiger partial charge in [-0.05, 0) is 48.6 Å². The van der Waals surface area contributed by atoms with Crippen LogP contribution in [-0.2, 0) is 6.42 Å². The number of hydrogen-bond acceptors (Lipinski definition) is 2. The van der Waals surface area contributed by atoms with Crippen molar-refractivity contribution in [3.05, 3.63) is 41.6 Å². The molecule has 4 rings (SSSR count). The molecule has 2 aliphatic rings. The number of likely N-dealkylation sites (N-methyl/N-ethyl adjacent to an activating group) is 1. The Morgan fingerprint density at radius 2 is 2.35 bits per heavy atom. The van der Waals surface area contributed by atoms with E-state index in [2.05, 4.69) is 47.7 Å². The third-order valence-corrected chi connectivity index (χ3v) is 5.81. The first-order valence-corrected chi connectivity index (χ1v) is 8.63. The molecule has 0 bridgehead atoms. The highest BCUT2D eigenvalue weighted by Crippen LogP contribution is 2.46. The molecule has 1 aliphatic heterocycles. The number of nitrogens with zero attached hydrogens (tertiary/aromatic N) is 2. The molecular weight excluding hydrogens is 282 g/mol. The van der Waals surface area contributed by atoms with Crippen LogP contribution in [0.2, 0.25) is 0 Å². The van der Waals surface area contributed by atoms with Crippen molar-refractivity contribution < 1.29 is 0 Å². The first kappa shape index (κ1) is 14.5. The van der Waals surface area contributed by atoms with Gasteiger partial charge in [0.2, 0.25) is 0 Å². The van der Waals surface area contributed by atoms with E-state index in [4.69, 9.17) is 5.26 Å². The Bertz CT molecular complexity index is 795. The van der Waals surface area contributed by atoms with E-state index in [-0.39, 0.29) is 0 Å². The molecule has 1 aliphatic carbocycles. The van der Waals surface area contributed by atoms with Crippen molar-refractivity contribution in [1.82, 2.24) is 9.88 Å². The lowest BCUT2D eigenvalue weighted by Gasteiger charge is -2.46. The van der Waals surface area contributed by atoms with Gasteiger partial charge in [0.1, 0.15) is 0 Å². The number of aromatic nitrogens is 1. The highest BCUT2D eigenvalue weighted by Gasteiger charge is 2.40. The number of piperidine rings is 1. The molecule has 23 heavy (non-hydrogen) atoms. The summed E-state index contributed by atoms with van der Waals surface area (Å²) in [5.74, 6) is 1.04. The number of hydrogen-bond donors (Lipinski definition) is 1. The minimum absolute atomic E-state index is 0.496. The molecule has 0 saturated carbocycles. The van der Waals surface area contributed by atoms with Gasteiger partial charge in [0.15, 0.2) is 0 Å². The van der Waals surface area contributed by atoms with Crippen molar-refractivity contribution in [2.75, 3.05) is 13.1 Å². The molecule has 2 heterocycles. The van der Waals surface area contributed by atoms with Crippen LogP contribution in [0, 0.1) is 17.2 Å². The minimum atomic E-state index is 0.496. The van der Waals surface area contributed by atoms with Gasteiger partial charge in [0, 0.05) is 41.5 Å². The van der Waals surface area contributed by atoms with Crippen LogP contribution in [-0.4, -0.2) is 29.0 Å².